The van der Waals surface area contributed by atoms with Crippen LogP contribution in [0.5, 0.6) is 0 Å². The van der Waals surface area contributed by atoms with Crippen molar-refractivity contribution < 1.29 is 9.53 Å². The fourth-order valence-electron chi connectivity index (χ4n) is 1.75. The molecule has 1 aliphatic heterocycles. The number of ether oxygens (including phenoxy) is 1. The van der Waals surface area contributed by atoms with Crippen LogP contribution in [0.2, 0.25) is 0 Å². The van der Waals surface area contributed by atoms with Crippen molar-refractivity contribution >= 4 is 6.29 Å². The maximum absolute atomic E-state index is 10.8. The molecule has 0 amide bonds. The first-order valence-corrected chi connectivity index (χ1v) is 4.78. The quantitative estimate of drug-likeness (QED) is 0.670. The number of nitrogens with zero attached hydrogens (tertiary/aromatic N) is 1. The van der Waals surface area contributed by atoms with Gasteiger partial charge in [0.05, 0.1) is 6.10 Å². The summed E-state index contributed by atoms with van der Waals surface area (Å²) in [5.41, 5.74) is 0.457. The lowest BCUT2D eigenvalue weighted by atomic mass is 10.0. The van der Waals surface area contributed by atoms with Crippen molar-refractivity contribution in [3.63, 3.8) is 0 Å². The predicted molar refractivity (Wildman–Crippen MR) is 51.8 cm³/mol. The monoisotopic (exact) mass is 191 g/mol. The summed E-state index contributed by atoms with van der Waals surface area (Å²) < 4.78 is 5.68. The molecule has 2 rings (SSSR count). The SMILES string of the molecule is CC1(C=O)CCC(c2cccnc2)O1. The molecule has 2 heterocycles. The highest BCUT2D eigenvalue weighted by Crippen LogP contribution is 2.37. The van der Waals surface area contributed by atoms with Crippen molar-refractivity contribution in [1.29, 1.82) is 0 Å². The molecule has 14 heavy (non-hydrogen) atoms. The average Bonchev–Trinajstić information content (AvgIpc) is 2.63. The largest absolute Gasteiger partial charge is 0.360 e. The first-order chi connectivity index (χ1) is 6.73. The highest BCUT2D eigenvalue weighted by atomic mass is 16.5. The van der Waals surface area contributed by atoms with Gasteiger partial charge in [-0.3, -0.25) is 4.98 Å². The van der Waals surface area contributed by atoms with E-state index in [-0.39, 0.29) is 6.10 Å². The Morgan fingerprint density at radius 1 is 1.71 bits per heavy atom. The van der Waals surface area contributed by atoms with Gasteiger partial charge in [-0.2, -0.15) is 0 Å². The Hall–Kier alpha value is -1.22. The van der Waals surface area contributed by atoms with E-state index in [2.05, 4.69) is 4.98 Å². The zero-order chi connectivity index (χ0) is 10.0. The Labute approximate surface area is 83.1 Å². The second-order valence-electron chi connectivity index (χ2n) is 3.86. The summed E-state index contributed by atoms with van der Waals surface area (Å²) in [4.78, 5) is 14.8. The van der Waals surface area contributed by atoms with E-state index < -0.39 is 5.60 Å². The summed E-state index contributed by atoms with van der Waals surface area (Å²) in [6.45, 7) is 1.83. The molecule has 0 spiro atoms. The number of rotatable bonds is 2. The van der Waals surface area contributed by atoms with E-state index >= 15 is 0 Å². The van der Waals surface area contributed by atoms with Gasteiger partial charge in [0.15, 0.2) is 6.29 Å². The van der Waals surface area contributed by atoms with Gasteiger partial charge in [0.1, 0.15) is 5.60 Å². The van der Waals surface area contributed by atoms with E-state index in [0.29, 0.717) is 0 Å². The fraction of sp³-hybridized carbons (Fsp3) is 0.455. The van der Waals surface area contributed by atoms with Crippen LogP contribution >= 0.6 is 0 Å². The van der Waals surface area contributed by atoms with E-state index in [1.807, 2.05) is 19.1 Å². The lowest BCUT2D eigenvalue weighted by molar-refractivity contribution is -0.127. The molecule has 1 aromatic heterocycles. The zero-order valence-corrected chi connectivity index (χ0v) is 8.14. The van der Waals surface area contributed by atoms with E-state index in [1.54, 1.807) is 12.4 Å². The van der Waals surface area contributed by atoms with Gasteiger partial charge in [0.25, 0.3) is 0 Å². The Morgan fingerprint density at radius 3 is 3.14 bits per heavy atom. The van der Waals surface area contributed by atoms with Crippen LogP contribution < -0.4 is 0 Å². The number of carbonyl (C=O) groups excluding carboxylic acids is 1. The smallest absolute Gasteiger partial charge is 0.151 e. The van der Waals surface area contributed by atoms with Crippen LogP contribution in [0.4, 0.5) is 0 Å². The molecule has 3 nitrogen and oxygen atoms in total. The predicted octanol–water partition coefficient (Wildman–Crippen LogP) is 1.89. The first kappa shape index (κ1) is 9.34. The van der Waals surface area contributed by atoms with Crippen LogP contribution in [-0.2, 0) is 9.53 Å². The van der Waals surface area contributed by atoms with Crippen LogP contribution in [0.1, 0.15) is 31.4 Å². The molecule has 3 heteroatoms. The average molecular weight is 191 g/mol. The van der Waals surface area contributed by atoms with Gasteiger partial charge in [-0.25, -0.2) is 0 Å². The molecule has 0 aromatic carbocycles. The molecule has 1 aliphatic rings. The summed E-state index contributed by atoms with van der Waals surface area (Å²) in [5.74, 6) is 0. The van der Waals surface area contributed by atoms with Crippen molar-refractivity contribution in [2.24, 2.45) is 0 Å². The minimum absolute atomic E-state index is 0.0268. The van der Waals surface area contributed by atoms with Crippen molar-refractivity contribution in [3.05, 3.63) is 30.1 Å². The van der Waals surface area contributed by atoms with Crippen LogP contribution in [-0.4, -0.2) is 16.9 Å². The molecule has 0 radical (unpaired) electrons. The number of pyridine rings is 1. The molecule has 0 bridgehead atoms. The molecule has 74 valence electrons. The Balaban J connectivity index is 2.14. The van der Waals surface area contributed by atoms with Crippen LogP contribution in [0.15, 0.2) is 24.5 Å². The van der Waals surface area contributed by atoms with E-state index in [9.17, 15) is 4.79 Å². The number of carbonyl (C=O) groups is 1. The van der Waals surface area contributed by atoms with Gasteiger partial charge in [0, 0.05) is 12.4 Å². The maximum atomic E-state index is 10.8. The van der Waals surface area contributed by atoms with Crippen molar-refractivity contribution in [2.45, 2.75) is 31.5 Å². The Morgan fingerprint density at radius 2 is 2.57 bits per heavy atom. The summed E-state index contributed by atoms with van der Waals surface area (Å²) >= 11 is 0. The first-order valence-electron chi connectivity index (χ1n) is 4.78. The molecule has 0 saturated carbocycles. The number of hydrogen-bond acceptors (Lipinski definition) is 3. The van der Waals surface area contributed by atoms with Gasteiger partial charge in [-0.05, 0) is 31.4 Å². The lowest BCUT2D eigenvalue weighted by Gasteiger charge is -2.17. The zero-order valence-electron chi connectivity index (χ0n) is 8.14. The van der Waals surface area contributed by atoms with Crippen LogP contribution in [0.25, 0.3) is 0 Å². The van der Waals surface area contributed by atoms with Gasteiger partial charge in [-0.1, -0.05) is 6.07 Å². The molecule has 0 N–H and O–H groups in total. The number of aromatic nitrogens is 1. The topological polar surface area (TPSA) is 39.2 Å². The number of hydrogen-bond donors (Lipinski definition) is 0. The summed E-state index contributed by atoms with van der Waals surface area (Å²) in [5, 5.41) is 0. The molecule has 0 aliphatic carbocycles. The lowest BCUT2D eigenvalue weighted by Crippen LogP contribution is -2.24. The normalized spacial score (nSPS) is 31.6. The molecular weight excluding hydrogens is 178 g/mol. The van der Waals surface area contributed by atoms with Gasteiger partial charge in [-0.15, -0.1) is 0 Å². The Kier molecular flexibility index (Phi) is 2.33. The summed E-state index contributed by atoms with van der Waals surface area (Å²) in [7, 11) is 0. The minimum Gasteiger partial charge on any atom is -0.360 e. The second kappa shape index (κ2) is 3.50. The van der Waals surface area contributed by atoms with E-state index in [4.69, 9.17) is 4.74 Å². The van der Waals surface area contributed by atoms with Gasteiger partial charge >= 0.3 is 0 Å². The van der Waals surface area contributed by atoms with Crippen molar-refractivity contribution in [3.8, 4) is 0 Å². The molecule has 1 fully saturated rings. The molecule has 1 aromatic rings. The Bertz CT molecular complexity index is 325. The van der Waals surface area contributed by atoms with E-state index in [0.717, 1.165) is 24.7 Å². The highest BCUT2D eigenvalue weighted by Gasteiger charge is 2.36. The maximum Gasteiger partial charge on any atom is 0.151 e. The van der Waals surface area contributed by atoms with Crippen molar-refractivity contribution in [1.82, 2.24) is 4.98 Å². The third-order valence-electron chi connectivity index (χ3n) is 2.62. The highest BCUT2D eigenvalue weighted by molar-refractivity contribution is 5.62. The van der Waals surface area contributed by atoms with Crippen LogP contribution in [0.3, 0.4) is 0 Å². The second-order valence-corrected chi connectivity index (χ2v) is 3.86. The molecule has 1 saturated heterocycles. The van der Waals surface area contributed by atoms with E-state index in [1.165, 1.54) is 0 Å². The van der Waals surface area contributed by atoms with Gasteiger partial charge < -0.3 is 9.53 Å². The molecule has 2 unspecified atom stereocenters. The summed E-state index contributed by atoms with van der Waals surface area (Å²) in [6.07, 6.45) is 6.12. The molecule has 2 atom stereocenters. The molecular formula is C11H13NO2. The van der Waals surface area contributed by atoms with Crippen molar-refractivity contribution in [2.75, 3.05) is 0 Å². The number of aldehydes is 1. The van der Waals surface area contributed by atoms with Crippen LogP contribution in [0, 0.1) is 0 Å². The summed E-state index contributed by atoms with van der Waals surface area (Å²) in [6, 6.07) is 3.86. The minimum atomic E-state index is -0.597. The third-order valence-corrected chi connectivity index (χ3v) is 2.62. The third kappa shape index (κ3) is 1.68. The fourth-order valence-corrected chi connectivity index (χ4v) is 1.75. The standard InChI is InChI=1S/C11H13NO2/c1-11(8-13)5-4-10(14-11)9-3-2-6-12-7-9/h2-3,6-8,10H,4-5H2,1H3. The van der Waals surface area contributed by atoms with Gasteiger partial charge in [0.2, 0.25) is 0 Å².